The fraction of sp³-hybridized carbons (Fsp3) is 0.194. The summed E-state index contributed by atoms with van der Waals surface area (Å²) in [5, 5.41) is 11.3. The zero-order chi connectivity index (χ0) is 26.5. The summed E-state index contributed by atoms with van der Waals surface area (Å²) in [5.41, 5.74) is 3.56. The third kappa shape index (κ3) is 5.22. The second-order valence-corrected chi connectivity index (χ2v) is 9.30. The van der Waals surface area contributed by atoms with E-state index in [2.05, 4.69) is 4.98 Å². The molecular weight excluding hydrogens is 478 g/mol. The van der Waals surface area contributed by atoms with Crippen molar-refractivity contribution in [3.05, 3.63) is 125 Å². The standard InChI is InChI=1S/C31H29N3O4/c1-22-8-5-6-11-25(22)20-38-26-14-12-24(13-15-26)29(35)27-28(23-9-3-2-4-10-23)34(31(37)30(27)36)18-7-17-33-19-16-32-21-33/h2-6,8-16,19,21,28,35H,7,17-18,20H2,1H3/b29-27+/t28-/m0/s1. The largest absolute Gasteiger partial charge is 0.507 e. The van der Waals surface area contributed by atoms with Gasteiger partial charge in [-0.1, -0.05) is 54.6 Å². The minimum atomic E-state index is -0.682. The number of ether oxygens (including phenoxy) is 1. The number of likely N-dealkylation sites (tertiary alicyclic amines) is 1. The summed E-state index contributed by atoms with van der Waals surface area (Å²) in [7, 11) is 0. The summed E-state index contributed by atoms with van der Waals surface area (Å²) in [6.07, 6.45) is 5.92. The number of aryl methyl sites for hydroxylation is 2. The molecule has 38 heavy (non-hydrogen) atoms. The molecule has 1 saturated heterocycles. The number of ketones is 1. The zero-order valence-corrected chi connectivity index (χ0v) is 21.2. The lowest BCUT2D eigenvalue weighted by atomic mass is 9.95. The van der Waals surface area contributed by atoms with Gasteiger partial charge in [-0.3, -0.25) is 9.59 Å². The monoisotopic (exact) mass is 507 g/mol. The molecule has 0 radical (unpaired) electrons. The molecule has 5 rings (SSSR count). The lowest BCUT2D eigenvalue weighted by molar-refractivity contribution is -0.139. The molecule has 7 heteroatoms. The Kier molecular flexibility index (Phi) is 7.35. The van der Waals surface area contributed by atoms with Gasteiger partial charge in [-0.25, -0.2) is 4.98 Å². The third-order valence-corrected chi connectivity index (χ3v) is 6.81. The van der Waals surface area contributed by atoms with Crippen LogP contribution < -0.4 is 4.74 Å². The number of benzene rings is 3. The molecule has 0 unspecified atom stereocenters. The lowest BCUT2D eigenvalue weighted by Gasteiger charge is -2.25. The number of hydrogen-bond donors (Lipinski definition) is 1. The molecule has 4 aromatic rings. The van der Waals surface area contributed by atoms with Crippen LogP contribution in [-0.2, 0) is 22.7 Å². The molecule has 1 fully saturated rings. The Bertz CT molecular complexity index is 1440. The van der Waals surface area contributed by atoms with Crippen LogP contribution in [0.25, 0.3) is 5.76 Å². The Hall–Kier alpha value is -4.65. The van der Waals surface area contributed by atoms with Crippen molar-refractivity contribution in [2.24, 2.45) is 0 Å². The highest BCUT2D eigenvalue weighted by atomic mass is 16.5. The molecule has 0 aliphatic carbocycles. The molecule has 1 atom stereocenters. The van der Waals surface area contributed by atoms with Gasteiger partial charge in [0.1, 0.15) is 18.1 Å². The number of aliphatic hydroxyl groups excluding tert-OH is 1. The number of carbonyl (C=O) groups excluding carboxylic acids is 2. The summed E-state index contributed by atoms with van der Waals surface area (Å²) in [6.45, 7) is 3.49. The van der Waals surface area contributed by atoms with Crippen molar-refractivity contribution >= 4 is 17.4 Å². The van der Waals surface area contributed by atoms with Crippen molar-refractivity contribution in [1.29, 1.82) is 0 Å². The first-order valence-electron chi connectivity index (χ1n) is 12.6. The van der Waals surface area contributed by atoms with Crippen molar-refractivity contribution in [2.45, 2.75) is 32.5 Å². The smallest absolute Gasteiger partial charge is 0.295 e. The maximum atomic E-state index is 13.2. The summed E-state index contributed by atoms with van der Waals surface area (Å²) in [4.78, 5) is 31.9. The first-order valence-corrected chi connectivity index (χ1v) is 12.6. The molecule has 1 aliphatic heterocycles. The number of amides is 1. The van der Waals surface area contributed by atoms with E-state index >= 15 is 0 Å². The van der Waals surface area contributed by atoms with E-state index in [1.807, 2.05) is 72.3 Å². The molecule has 7 nitrogen and oxygen atoms in total. The van der Waals surface area contributed by atoms with Gasteiger partial charge in [0.15, 0.2) is 0 Å². The fourth-order valence-corrected chi connectivity index (χ4v) is 4.73. The van der Waals surface area contributed by atoms with Gasteiger partial charge in [-0.2, -0.15) is 0 Å². The highest BCUT2D eigenvalue weighted by molar-refractivity contribution is 6.46. The van der Waals surface area contributed by atoms with Crippen LogP contribution in [0.3, 0.4) is 0 Å². The summed E-state index contributed by atoms with van der Waals surface area (Å²) in [6, 6.07) is 23.6. The van der Waals surface area contributed by atoms with Gasteiger partial charge in [0.2, 0.25) is 0 Å². The Morgan fingerprint density at radius 1 is 0.947 bits per heavy atom. The topological polar surface area (TPSA) is 84.7 Å². The number of nitrogens with zero attached hydrogens (tertiary/aromatic N) is 3. The van der Waals surface area contributed by atoms with Crippen molar-refractivity contribution < 1.29 is 19.4 Å². The van der Waals surface area contributed by atoms with Gasteiger partial charge < -0.3 is 19.3 Å². The molecule has 0 bridgehead atoms. The second kappa shape index (κ2) is 11.2. The van der Waals surface area contributed by atoms with E-state index < -0.39 is 17.7 Å². The van der Waals surface area contributed by atoms with Crippen LogP contribution in [0.5, 0.6) is 5.75 Å². The summed E-state index contributed by atoms with van der Waals surface area (Å²) in [5.74, 6) is -0.841. The van der Waals surface area contributed by atoms with E-state index in [1.165, 1.54) is 0 Å². The number of aliphatic hydroxyl groups is 1. The average molecular weight is 508 g/mol. The number of imidazole rings is 1. The Morgan fingerprint density at radius 2 is 1.68 bits per heavy atom. The van der Waals surface area contributed by atoms with Gasteiger partial charge in [0, 0.05) is 31.0 Å². The number of aromatic nitrogens is 2. The van der Waals surface area contributed by atoms with E-state index in [9.17, 15) is 14.7 Å². The highest BCUT2D eigenvalue weighted by Crippen LogP contribution is 2.39. The molecule has 0 spiro atoms. The summed E-state index contributed by atoms with van der Waals surface area (Å²) < 4.78 is 7.85. The van der Waals surface area contributed by atoms with Gasteiger partial charge in [-0.15, -0.1) is 0 Å². The van der Waals surface area contributed by atoms with E-state index in [1.54, 1.807) is 41.7 Å². The van der Waals surface area contributed by atoms with Crippen LogP contribution in [0.4, 0.5) is 0 Å². The summed E-state index contributed by atoms with van der Waals surface area (Å²) >= 11 is 0. The van der Waals surface area contributed by atoms with Crippen LogP contribution in [0.15, 0.2) is 103 Å². The van der Waals surface area contributed by atoms with E-state index in [-0.39, 0.29) is 11.3 Å². The van der Waals surface area contributed by atoms with Crippen LogP contribution >= 0.6 is 0 Å². The minimum absolute atomic E-state index is 0.0948. The number of carbonyl (C=O) groups is 2. The zero-order valence-electron chi connectivity index (χ0n) is 21.2. The predicted octanol–water partition coefficient (Wildman–Crippen LogP) is 5.28. The van der Waals surface area contributed by atoms with Gasteiger partial charge in [-0.05, 0) is 54.3 Å². The van der Waals surface area contributed by atoms with Crippen molar-refractivity contribution in [3.63, 3.8) is 0 Å². The number of rotatable bonds is 9. The molecule has 3 aromatic carbocycles. The number of hydrogen-bond acceptors (Lipinski definition) is 5. The molecular formula is C31H29N3O4. The maximum absolute atomic E-state index is 13.2. The van der Waals surface area contributed by atoms with Crippen LogP contribution in [0.2, 0.25) is 0 Å². The molecule has 192 valence electrons. The van der Waals surface area contributed by atoms with Gasteiger partial charge in [0.05, 0.1) is 17.9 Å². The Balaban J connectivity index is 1.40. The first kappa shape index (κ1) is 25.0. The molecule has 2 heterocycles. The normalized spacial score (nSPS) is 16.7. The van der Waals surface area contributed by atoms with Crippen LogP contribution in [0.1, 0.15) is 34.7 Å². The second-order valence-electron chi connectivity index (χ2n) is 9.30. The lowest BCUT2D eigenvalue weighted by Crippen LogP contribution is -2.31. The highest BCUT2D eigenvalue weighted by Gasteiger charge is 2.45. The third-order valence-electron chi connectivity index (χ3n) is 6.81. The van der Waals surface area contributed by atoms with Gasteiger partial charge >= 0.3 is 0 Å². The number of Topliss-reactive ketones (excluding diaryl/α,β-unsaturated/α-hetero) is 1. The van der Waals surface area contributed by atoms with E-state index in [4.69, 9.17) is 4.74 Å². The van der Waals surface area contributed by atoms with Crippen LogP contribution in [-0.4, -0.2) is 37.8 Å². The van der Waals surface area contributed by atoms with Crippen LogP contribution in [0, 0.1) is 6.92 Å². The van der Waals surface area contributed by atoms with E-state index in [0.717, 1.165) is 16.7 Å². The van der Waals surface area contributed by atoms with Crippen molar-refractivity contribution in [1.82, 2.24) is 14.5 Å². The Labute approximate surface area is 221 Å². The van der Waals surface area contributed by atoms with Crippen molar-refractivity contribution in [3.8, 4) is 5.75 Å². The van der Waals surface area contributed by atoms with Crippen molar-refractivity contribution in [2.75, 3.05) is 6.54 Å². The molecule has 1 amide bonds. The molecule has 1 aromatic heterocycles. The SMILES string of the molecule is Cc1ccccc1COc1ccc(/C(O)=C2\C(=O)C(=O)N(CCCn3ccnc3)[C@H]2c2ccccc2)cc1. The fourth-order valence-electron chi connectivity index (χ4n) is 4.73. The Morgan fingerprint density at radius 3 is 2.39 bits per heavy atom. The molecule has 1 aliphatic rings. The average Bonchev–Trinajstić information content (AvgIpc) is 3.55. The van der Waals surface area contributed by atoms with E-state index in [0.29, 0.717) is 37.4 Å². The maximum Gasteiger partial charge on any atom is 0.295 e. The van der Waals surface area contributed by atoms with Gasteiger partial charge in [0.25, 0.3) is 11.7 Å². The predicted molar refractivity (Wildman–Crippen MR) is 144 cm³/mol. The minimum Gasteiger partial charge on any atom is -0.507 e. The molecule has 1 N–H and O–H groups in total. The quantitative estimate of drug-likeness (QED) is 0.189. The first-order chi connectivity index (χ1) is 18.5. The molecule has 0 saturated carbocycles.